The molecule has 0 aliphatic heterocycles. The molecule has 0 heterocycles. The molecule has 0 saturated carbocycles. The molecule has 0 amide bonds. The number of alkyl halides is 1. The van der Waals surface area contributed by atoms with E-state index in [2.05, 4.69) is 15.9 Å². The zero-order valence-electron chi connectivity index (χ0n) is 10.3. The molecule has 0 saturated heterocycles. The van der Waals surface area contributed by atoms with Crippen LogP contribution in [-0.4, -0.2) is 7.11 Å². The number of hydrogen-bond acceptors (Lipinski definition) is 1. The molecule has 0 aliphatic carbocycles. The Kier molecular flexibility index (Phi) is 4.02. The van der Waals surface area contributed by atoms with Gasteiger partial charge < -0.3 is 4.74 Å². The predicted octanol–water partition coefficient (Wildman–Crippen LogP) is 4.63. The third-order valence-corrected chi connectivity index (χ3v) is 3.86. The van der Waals surface area contributed by atoms with Crippen molar-refractivity contribution in [3.63, 3.8) is 0 Å². The van der Waals surface area contributed by atoms with Crippen LogP contribution in [-0.2, 0) is 0 Å². The molecule has 1 nitrogen and oxygen atoms in total. The van der Waals surface area contributed by atoms with Crippen molar-refractivity contribution >= 4 is 15.9 Å². The van der Waals surface area contributed by atoms with Crippen LogP contribution in [0.15, 0.2) is 42.5 Å². The van der Waals surface area contributed by atoms with Gasteiger partial charge in [0.15, 0.2) is 0 Å². The number of halogens is 2. The summed E-state index contributed by atoms with van der Waals surface area (Å²) in [6.45, 7) is 2.04. The van der Waals surface area contributed by atoms with Crippen LogP contribution in [0.4, 0.5) is 4.39 Å². The number of rotatable bonds is 3. The fraction of sp³-hybridized carbons (Fsp3) is 0.200. The summed E-state index contributed by atoms with van der Waals surface area (Å²) in [5.41, 5.74) is 3.07. The van der Waals surface area contributed by atoms with Crippen molar-refractivity contribution in [1.82, 2.24) is 0 Å². The van der Waals surface area contributed by atoms with Crippen molar-refractivity contribution in [2.45, 2.75) is 11.8 Å². The number of aryl methyl sites for hydroxylation is 1. The minimum atomic E-state index is -0.262. The Morgan fingerprint density at radius 1 is 1.11 bits per heavy atom. The maximum absolute atomic E-state index is 13.3. The summed E-state index contributed by atoms with van der Waals surface area (Å²) in [6.07, 6.45) is 0. The SMILES string of the molecule is COc1ccc(F)cc1C(Br)c1ccc(C)cc1. The highest BCUT2D eigenvalue weighted by Crippen LogP contribution is 2.36. The molecule has 0 N–H and O–H groups in total. The third kappa shape index (κ3) is 2.72. The first-order chi connectivity index (χ1) is 8.61. The Hall–Kier alpha value is -1.35. The van der Waals surface area contributed by atoms with Gasteiger partial charge in [-0.3, -0.25) is 0 Å². The smallest absolute Gasteiger partial charge is 0.123 e. The summed E-state index contributed by atoms with van der Waals surface area (Å²) in [4.78, 5) is -0.0799. The molecule has 18 heavy (non-hydrogen) atoms. The van der Waals surface area contributed by atoms with Crippen LogP contribution in [0.1, 0.15) is 21.5 Å². The standard InChI is InChI=1S/C15H14BrFO/c1-10-3-5-11(6-4-10)15(16)13-9-12(17)7-8-14(13)18-2/h3-9,15H,1-2H3. The van der Waals surface area contributed by atoms with Gasteiger partial charge in [-0.15, -0.1) is 0 Å². The molecule has 0 bridgehead atoms. The van der Waals surface area contributed by atoms with Crippen molar-refractivity contribution in [1.29, 1.82) is 0 Å². The van der Waals surface area contributed by atoms with Crippen molar-refractivity contribution < 1.29 is 9.13 Å². The molecule has 94 valence electrons. The van der Waals surface area contributed by atoms with E-state index in [4.69, 9.17) is 4.74 Å². The lowest BCUT2D eigenvalue weighted by Gasteiger charge is -2.15. The first kappa shape index (κ1) is 13.1. The van der Waals surface area contributed by atoms with Gasteiger partial charge in [-0.25, -0.2) is 4.39 Å². The van der Waals surface area contributed by atoms with Gasteiger partial charge in [-0.1, -0.05) is 45.8 Å². The van der Waals surface area contributed by atoms with Crippen LogP contribution in [0.5, 0.6) is 5.75 Å². The topological polar surface area (TPSA) is 9.23 Å². The van der Waals surface area contributed by atoms with Gasteiger partial charge in [0.2, 0.25) is 0 Å². The first-order valence-corrected chi connectivity index (χ1v) is 6.57. The highest BCUT2D eigenvalue weighted by molar-refractivity contribution is 9.09. The van der Waals surface area contributed by atoms with Crippen LogP contribution >= 0.6 is 15.9 Å². The van der Waals surface area contributed by atoms with E-state index in [1.807, 2.05) is 31.2 Å². The average molecular weight is 309 g/mol. The summed E-state index contributed by atoms with van der Waals surface area (Å²) in [6, 6.07) is 12.7. The minimum Gasteiger partial charge on any atom is -0.496 e. The van der Waals surface area contributed by atoms with Gasteiger partial charge in [0.1, 0.15) is 11.6 Å². The van der Waals surface area contributed by atoms with E-state index in [1.165, 1.54) is 17.7 Å². The summed E-state index contributed by atoms with van der Waals surface area (Å²) >= 11 is 3.60. The van der Waals surface area contributed by atoms with E-state index in [0.29, 0.717) is 5.75 Å². The zero-order chi connectivity index (χ0) is 13.1. The molecule has 1 unspecified atom stereocenters. The predicted molar refractivity (Wildman–Crippen MR) is 74.9 cm³/mol. The number of hydrogen-bond donors (Lipinski definition) is 0. The first-order valence-electron chi connectivity index (χ1n) is 5.66. The van der Waals surface area contributed by atoms with Crippen LogP contribution in [0.2, 0.25) is 0 Å². The quantitative estimate of drug-likeness (QED) is 0.751. The maximum Gasteiger partial charge on any atom is 0.123 e. The second kappa shape index (κ2) is 5.53. The lowest BCUT2D eigenvalue weighted by atomic mass is 10.0. The van der Waals surface area contributed by atoms with Crippen LogP contribution in [0.25, 0.3) is 0 Å². The fourth-order valence-electron chi connectivity index (χ4n) is 1.82. The average Bonchev–Trinajstić information content (AvgIpc) is 2.39. The Balaban J connectivity index is 2.41. The molecule has 0 radical (unpaired) electrons. The van der Waals surface area contributed by atoms with Gasteiger partial charge in [-0.05, 0) is 30.7 Å². The molecule has 2 rings (SSSR count). The zero-order valence-corrected chi connectivity index (χ0v) is 11.9. The second-order valence-corrected chi connectivity index (χ2v) is 5.08. The highest BCUT2D eigenvalue weighted by Gasteiger charge is 2.15. The van der Waals surface area contributed by atoms with Gasteiger partial charge in [0, 0.05) is 5.56 Å². The van der Waals surface area contributed by atoms with E-state index in [1.54, 1.807) is 13.2 Å². The highest BCUT2D eigenvalue weighted by atomic mass is 79.9. The number of methoxy groups -OCH3 is 1. The molecular weight excluding hydrogens is 295 g/mol. The van der Waals surface area contributed by atoms with Crippen molar-refractivity contribution in [2.75, 3.05) is 7.11 Å². The van der Waals surface area contributed by atoms with E-state index in [9.17, 15) is 4.39 Å². The van der Waals surface area contributed by atoms with E-state index < -0.39 is 0 Å². The molecule has 0 aliphatic rings. The van der Waals surface area contributed by atoms with Crippen molar-refractivity contribution in [3.8, 4) is 5.75 Å². The molecule has 2 aromatic rings. The maximum atomic E-state index is 13.3. The summed E-state index contributed by atoms with van der Waals surface area (Å²) in [7, 11) is 1.59. The molecular formula is C15H14BrFO. The fourth-order valence-corrected chi connectivity index (χ4v) is 2.48. The minimum absolute atomic E-state index is 0.0799. The Morgan fingerprint density at radius 3 is 2.39 bits per heavy atom. The Labute approximate surface area is 115 Å². The van der Waals surface area contributed by atoms with Crippen molar-refractivity contribution in [3.05, 3.63) is 65.0 Å². The number of ether oxygens (including phenoxy) is 1. The Morgan fingerprint density at radius 2 is 1.78 bits per heavy atom. The third-order valence-electron chi connectivity index (χ3n) is 2.83. The molecule has 0 aromatic heterocycles. The molecule has 2 aromatic carbocycles. The second-order valence-electron chi connectivity index (χ2n) is 4.16. The van der Waals surface area contributed by atoms with Gasteiger partial charge in [0.25, 0.3) is 0 Å². The Bertz CT molecular complexity index is 537. The van der Waals surface area contributed by atoms with E-state index in [-0.39, 0.29) is 10.6 Å². The van der Waals surface area contributed by atoms with Crippen LogP contribution in [0.3, 0.4) is 0 Å². The molecule has 0 spiro atoms. The number of benzene rings is 2. The summed E-state index contributed by atoms with van der Waals surface area (Å²) in [5.74, 6) is 0.418. The van der Waals surface area contributed by atoms with Gasteiger partial charge in [0.05, 0.1) is 11.9 Å². The van der Waals surface area contributed by atoms with Gasteiger partial charge >= 0.3 is 0 Å². The largest absolute Gasteiger partial charge is 0.496 e. The molecule has 1 atom stereocenters. The van der Waals surface area contributed by atoms with Crippen molar-refractivity contribution in [2.24, 2.45) is 0 Å². The lowest BCUT2D eigenvalue weighted by molar-refractivity contribution is 0.409. The lowest BCUT2D eigenvalue weighted by Crippen LogP contribution is -1.98. The molecule has 3 heteroatoms. The van der Waals surface area contributed by atoms with E-state index >= 15 is 0 Å². The van der Waals surface area contributed by atoms with Gasteiger partial charge in [-0.2, -0.15) is 0 Å². The van der Waals surface area contributed by atoms with E-state index in [0.717, 1.165) is 11.1 Å². The molecule has 0 fully saturated rings. The normalized spacial score (nSPS) is 12.2. The monoisotopic (exact) mass is 308 g/mol. The van der Waals surface area contributed by atoms with Crippen LogP contribution in [0, 0.1) is 12.7 Å². The summed E-state index contributed by atoms with van der Waals surface area (Å²) < 4.78 is 18.6. The summed E-state index contributed by atoms with van der Waals surface area (Å²) in [5, 5.41) is 0. The van der Waals surface area contributed by atoms with Crippen LogP contribution < -0.4 is 4.74 Å².